The number of anilines is 1. The molecule has 0 radical (unpaired) electrons. The number of nitrogens with one attached hydrogen (secondary N) is 2. The molecule has 2 N–H and O–H groups in total. The van der Waals surface area contributed by atoms with E-state index in [2.05, 4.69) is 20.3 Å². The molecule has 2 aromatic heterocycles. The van der Waals surface area contributed by atoms with Gasteiger partial charge < -0.3 is 10.3 Å². The minimum Gasteiger partial charge on any atom is -0.367 e. The smallest absolute Gasteiger partial charge is 0.145 e. The SMILES string of the molecule is N#Cc1cc(NCc2cc[nH]c2)ncn1. The maximum Gasteiger partial charge on any atom is 0.145 e. The highest BCUT2D eigenvalue weighted by atomic mass is 15.0. The average Bonchev–Trinajstić information content (AvgIpc) is 2.79. The van der Waals surface area contributed by atoms with Gasteiger partial charge in [0.1, 0.15) is 23.9 Å². The van der Waals surface area contributed by atoms with Gasteiger partial charge >= 0.3 is 0 Å². The Balaban J connectivity index is 2.02. The van der Waals surface area contributed by atoms with Crippen molar-refractivity contribution in [3.05, 3.63) is 42.1 Å². The summed E-state index contributed by atoms with van der Waals surface area (Å²) >= 11 is 0. The molecule has 0 amide bonds. The van der Waals surface area contributed by atoms with E-state index < -0.39 is 0 Å². The van der Waals surface area contributed by atoms with E-state index in [1.54, 1.807) is 6.07 Å². The van der Waals surface area contributed by atoms with E-state index >= 15 is 0 Å². The third-order valence-electron chi connectivity index (χ3n) is 1.92. The number of nitrogens with zero attached hydrogens (tertiary/aromatic N) is 3. The van der Waals surface area contributed by atoms with Crippen LogP contribution < -0.4 is 5.32 Å². The highest BCUT2D eigenvalue weighted by molar-refractivity contribution is 5.39. The first-order valence-corrected chi connectivity index (χ1v) is 4.46. The normalized spacial score (nSPS) is 9.53. The summed E-state index contributed by atoms with van der Waals surface area (Å²) in [5.41, 5.74) is 1.49. The van der Waals surface area contributed by atoms with E-state index in [4.69, 9.17) is 5.26 Å². The molecule has 0 fully saturated rings. The zero-order chi connectivity index (χ0) is 10.5. The van der Waals surface area contributed by atoms with Gasteiger partial charge in [0.2, 0.25) is 0 Å². The Kier molecular flexibility index (Phi) is 2.61. The van der Waals surface area contributed by atoms with Crippen molar-refractivity contribution in [1.29, 1.82) is 5.26 Å². The molecule has 0 saturated heterocycles. The minimum absolute atomic E-state index is 0.363. The topological polar surface area (TPSA) is 77.4 Å². The van der Waals surface area contributed by atoms with Crippen LogP contribution in [0.3, 0.4) is 0 Å². The van der Waals surface area contributed by atoms with Crippen LogP contribution in [-0.4, -0.2) is 15.0 Å². The van der Waals surface area contributed by atoms with E-state index in [9.17, 15) is 0 Å². The van der Waals surface area contributed by atoms with E-state index in [-0.39, 0.29) is 0 Å². The predicted octanol–water partition coefficient (Wildman–Crippen LogP) is 1.29. The summed E-state index contributed by atoms with van der Waals surface area (Å²) in [6.07, 6.45) is 5.13. The molecule has 0 aromatic carbocycles. The van der Waals surface area contributed by atoms with Crippen LogP contribution in [0.15, 0.2) is 30.9 Å². The quantitative estimate of drug-likeness (QED) is 0.780. The van der Waals surface area contributed by atoms with Crippen molar-refractivity contribution in [2.45, 2.75) is 6.54 Å². The lowest BCUT2D eigenvalue weighted by Gasteiger charge is -2.02. The Labute approximate surface area is 86.8 Å². The molecule has 0 aliphatic carbocycles. The van der Waals surface area contributed by atoms with Crippen LogP contribution >= 0.6 is 0 Å². The second kappa shape index (κ2) is 4.24. The summed E-state index contributed by atoms with van der Waals surface area (Å²) < 4.78 is 0. The van der Waals surface area contributed by atoms with Crippen molar-refractivity contribution in [2.75, 3.05) is 5.32 Å². The molecule has 0 saturated carbocycles. The third-order valence-corrected chi connectivity index (χ3v) is 1.92. The lowest BCUT2D eigenvalue weighted by Crippen LogP contribution is -2.01. The fourth-order valence-electron chi connectivity index (χ4n) is 1.18. The molecule has 2 rings (SSSR count). The molecule has 5 heteroatoms. The first-order chi connectivity index (χ1) is 7.38. The van der Waals surface area contributed by atoms with Crippen LogP contribution in [0.2, 0.25) is 0 Å². The molecule has 0 aliphatic rings. The molecular formula is C10H9N5. The average molecular weight is 199 g/mol. The molecule has 0 bridgehead atoms. The van der Waals surface area contributed by atoms with Crippen molar-refractivity contribution in [3.63, 3.8) is 0 Å². The molecule has 15 heavy (non-hydrogen) atoms. The van der Waals surface area contributed by atoms with Gasteiger partial charge in [0.25, 0.3) is 0 Å². The molecule has 0 spiro atoms. The van der Waals surface area contributed by atoms with E-state index in [1.165, 1.54) is 6.33 Å². The fourth-order valence-corrected chi connectivity index (χ4v) is 1.18. The molecule has 2 aromatic rings. The van der Waals surface area contributed by atoms with E-state index in [0.717, 1.165) is 5.56 Å². The van der Waals surface area contributed by atoms with Gasteiger partial charge in [0.15, 0.2) is 0 Å². The Hall–Kier alpha value is -2.35. The molecule has 0 atom stereocenters. The Morgan fingerprint density at radius 3 is 3.13 bits per heavy atom. The number of hydrogen-bond donors (Lipinski definition) is 2. The van der Waals surface area contributed by atoms with Crippen LogP contribution in [0.5, 0.6) is 0 Å². The summed E-state index contributed by atoms with van der Waals surface area (Å²) in [5, 5.41) is 11.7. The Bertz CT molecular complexity index is 469. The largest absolute Gasteiger partial charge is 0.367 e. The van der Waals surface area contributed by atoms with Gasteiger partial charge in [0, 0.05) is 25.0 Å². The molecular weight excluding hydrogens is 190 g/mol. The maximum absolute atomic E-state index is 8.64. The highest BCUT2D eigenvalue weighted by Crippen LogP contribution is 2.05. The number of rotatable bonds is 3. The lowest BCUT2D eigenvalue weighted by molar-refractivity contribution is 1.07. The van der Waals surface area contributed by atoms with Crippen LogP contribution in [0.25, 0.3) is 0 Å². The first kappa shape index (κ1) is 9.21. The predicted molar refractivity (Wildman–Crippen MR) is 54.9 cm³/mol. The lowest BCUT2D eigenvalue weighted by atomic mass is 10.3. The minimum atomic E-state index is 0.363. The second-order valence-corrected chi connectivity index (χ2v) is 2.97. The number of aromatic nitrogens is 3. The van der Waals surface area contributed by atoms with Crippen molar-refractivity contribution in [3.8, 4) is 6.07 Å². The van der Waals surface area contributed by atoms with Gasteiger partial charge in [0.05, 0.1) is 0 Å². The van der Waals surface area contributed by atoms with Crippen molar-refractivity contribution in [2.24, 2.45) is 0 Å². The van der Waals surface area contributed by atoms with Crippen LogP contribution in [0.4, 0.5) is 5.82 Å². The van der Waals surface area contributed by atoms with E-state index in [0.29, 0.717) is 18.1 Å². The van der Waals surface area contributed by atoms with Gasteiger partial charge in [-0.05, 0) is 11.6 Å². The molecule has 5 nitrogen and oxygen atoms in total. The van der Waals surface area contributed by atoms with Crippen molar-refractivity contribution in [1.82, 2.24) is 15.0 Å². The zero-order valence-corrected chi connectivity index (χ0v) is 7.94. The third kappa shape index (κ3) is 2.31. The van der Waals surface area contributed by atoms with Gasteiger partial charge in [-0.3, -0.25) is 0 Å². The molecule has 2 heterocycles. The van der Waals surface area contributed by atoms with Crippen LogP contribution in [-0.2, 0) is 6.54 Å². The molecule has 0 aliphatic heterocycles. The van der Waals surface area contributed by atoms with E-state index in [1.807, 2.05) is 24.5 Å². The number of H-pyrrole nitrogens is 1. The maximum atomic E-state index is 8.64. The number of hydrogen-bond acceptors (Lipinski definition) is 4. The molecule has 74 valence electrons. The van der Waals surface area contributed by atoms with Gasteiger partial charge in [-0.2, -0.15) is 5.26 Å². The van der Waals surface area contributed by atoms with Crippen molar-refractivity contribution < 1.29 is 0 Å². The molecule has 0 unspecified atom stereocenters. The zero-order valence-electron chi connectivity index (χ0n) is 7.94. The highest BCUT2D eigenvalue weighted by Gasteiger charge is 1.97. The summed E-state index contributed by atoms with van der Waals surface area (Å²) in [7, 11) is 0. The summed E-state index contributed by atoms with van der Waals surface area (Å²) in [5.74, 6) is 0.655. The van der Waals surface area contributed by atoms with Gasteiger partial charge in [-0.1, -0.05) is 0 Å². The standard InChI is InChI=1S/C10H9N5/c11-4-9-3-10(15-7-14-9)13-6-8-1-2-12-5-8/h1-3,5,7,12H,6H2,(H,13,14,15). The van der Waals surface area contributed by atoms with Crippen LogP contribution in [0, 0.1) is 11.3 Å². The van der Waals surface area contributed by atoms with Crippen molar-refractivity contribution >= 4 is 5.82 Å². The van der Waals surface area contributed by atoms with Gasteiger partial charge in [-0.25, -0.2) is 9.97 Å². The summed E-state index contributed by atoms with van der Waals surface area (Å²) in [6, 6.07) is 5.55. The fraction of sp³-hybridized carbons (Fsp3) is 0.100. The number of nitriles is 1. The number of aromatic amines is 1. The van der Waals surface area contributed by atoms with Gasteiger partial charge in [-0.15, -0.1) is 0 Å². The van der Waals surface area contributed by atoms with Crippen LogP contribution in [0.1, 0.15) is 11.3 Å². The Morgan fingerprint density at radius 1 is 1.47 bits per heavy atom. The monoisotopic (exact) mass is 199 g/mol. The summed E-state index contributed by atoms with van der Waals surface area (Å²) in [6.45, 7) is 0.672. The second-order valence-electron chi connectivity index (χ2n) is 2.97. The summed E-state index contributed by atoms with van der Waals surface area (Å²) in [4.78, 5) is 10.8. The Morgan fingerprint density at radius 2 is 2.40 bits per heavy atom. The first-order valence-electron chi connectivity index (χ1n) is 4.46.